The zero-order valence-corrected chi connectivity index (χ0v) is 9.63. The van der Waals surface area contributed by atoms with Gasteiger partial charge in [0.05, 0.1) is 12.2 Å². The zero-order valence-electron chi connectivity index (χ0n) is 9.63. The Balaban J connectivity index is 2.31. The predicted molar refractivity (Wildman–Crippen MR) is 64.5 cm³/mol. The van der Waals surface area contributed by atoms with E-state index in [0.29, 0.717) is 13.1 Å². The Morgan fingerprint density at radius 3 is 3.00 bits per heavy atom. The van der Waals surface area contributed by atoms with Gasteiger partial charge in [0.2, 0.25) is 0 Å². The van der Waals surface area contributed by atoms with E-state index in [9.17, 15) is 4.79 Å². The summed E-state index contributed by atoms with van der Waals surface area (Å²) in [5.41, 5.74) is 8.04. The summed E-state index contributed by atoms with van der Waals surface area (Å²) in [4.78, 5) is 19.4. The van der Waals surface area contributed by atoms with Gasteiger partial charge in [0.15, 0.2) is 0 Å². The second-order valence-corrected chi connectivity index (χ2v) is 3.90. The van der Waals surface area contributed by atoms with Gasteiger partial charge in [-0.05, 0) is 30.2 Å². The standard InChI is InChI=1S/C12H14N4O/c1-9-6-15-12(17)16(7-9)8-10-2-3-14-11(4-10)5-13/h2-4,6-7H,5,8,13H2,1H3. The third-order valence-electron chi connectivity index (χ3n) is 2.43. The number of pyridine rings is 1. The van der Waals surface area contributed by atoms with Gasteiger partial charge in [0, 0.05) is 25.1 Å². The van der Waals surface area contributed by atoms with E-state index >= 15 is 0 Å². The minimum absolute atomic E-state index is 0.248. The molecule has 0 atom stereocenters. The Morgan fingerprint density at radius 1 is 1.41 bits per heavy atom. The SMILES string of the molecule is Cc1cnc(=O)n(Cc2ccnc(CN)c2)c1. The number of aryl methyl sites for hydroxylation is 1. The molecule has 5 heteroatoms. The molecule has 2 heterocycles. The Morgan fingerprint density at radius 2 is 2.24 bits per heavy atom. The van der Waals surface area contributed by atoms with Crippen LogP contribution in [-0.4, -0.2) is 14.5 Å². The van der Waals surface area contributed by atoms with Crippen molar-refractivity contribution in [2.75, 3.05) is 0 Å². The Labute approximate surface area is 99.0 Å². The van der Waals surface area contributed by atoms with Crippen molar-refractivity contribution in [3.63, 3.8) is 0 Å². The first-order valence-electron chi connectivity index (χ1n) is 5.36. The largest absolute Gasteiger partial charge is 0.347 e. The van der Waals surface area contributed by atoms with Gasteiger partial charge >= 0.3 is 5.69 Å². The number of aromatic nitrogens is 3. The van der Waals surface area contributed by atoms with Crippen LogP contribution >= 0.6 is 0 Å². The van der Waals surface area contributed by atoms with Gasteiger partial charge in [-0.1, -0.05) is 0 Å². The first kappa shape index (κ1) is 11.5. The van der Waals surface area contributed by atoms with Crippen LogP contribution in [0.4, 0.5) is 0 Å². The molecule has 0 aliphatic rings. The maximum atomic E-state index is 11.5. The molecule has 2 aromatic rings. The van der Waals surface area contributed by atoms with Crippen LogP contribution in [0.3, 0.4) is 0 Å². The maximum Gasteiger partial charge on any atom is 0.347 e. The fraction of sp³-hybridized carbons (Fsp3) is 0.250. The van der Waals surface area contributed by atoms with Crippen molar-refractivity contribution in [1.82, 2.24) is 14.5 Å². The van der Waals surface area contributed by atoms with Gasteiger partial charge in [-0.15, -0.1) is 0 Å². The van der Waals surface area contributed by atoms with Crippen molar-refractivity contribution in [3.8, 4) is 0 Å². The van der Waals surface area contributed by atoms with Gasteiger partial charge < -0.3 is 5.73 Å². The van der Waals surface area contributed by atoms with Crippen LogP contribution < -0.4 is 11.4 Å². The van der Waals surface area contributed by atoms with Crippen molar-refractivity contribution < 1.29 is 0 Å². The average Bonchev–Trinajstić information content (AvgIpc) is 2.34. The van der Waals surface area contributed by atoms with Gasteiger partial charge in [-0.25, -0.2) is 9.78 Å². The Bertz CT molecular complexity index is 577. The van der Waals surface area contributed by atoms with E-state index in [1.165, 1.54) is 0 Å². The smallest absolute Gasteiger partial charge is 0.325 e. The Kier molecular flexibility index (Phi) is 3.30. The fourth-order valence-electron chi connectivity index (χ4n) is 1.61. The lowest BCUT2D eigenvalue weighted by Gasteiger charge is -2.06. The monoisotopic (exact) mass is 230 g/mol. The summed E-state index contributed by atoms with van der Waals surface area (Å²) >= 11 is 0. The summed E-state index contributed by atoms with van der Waals surface area (Å²) in [7, 11) is 0. The maximum absolute atomic E-state index is 11.5. The van der Waals surface area contributed by atoms with Crippen LogP contribution in [0.5, 0.6) is 0 Å². The van der Waals surface area contributed by atoms with E-state index in [1.54, 1.807) is 23.2 Å². The van der Waals surface area contributed by atoms with E-state index in [-0.39, 0.29) is 5.69 Å². The van der Waals surface area contributed by atoms with Crippen LogP contribution in [0.25, 0.3) is 0 Å². The molecule has 0 bridgehead atoms. The van der Waals surface area contributed by atoms with E-state index < -0.39 is 0 Å². The van der Waals surface area contributed by atoms with E-state index in [4.69, 9.17) is 5.73 Å². The summed E-state index contributed by atoms with van der Waals surface area (Å²) in [6.45, 7) is 2.79. The molecule has 0 spiro atoms. The van der Waals surface area contributed by atoms with E-state index in [1.807, 2.05) is 19.1 Å². The van der Waals surface area contributed by atoms with Crippen LogP contribution in [-0.2, 0) is 13.1 Å². The number of rotatable bonds is 3. The van der Waals surface area contributed by atoms with Gasteiger partial charge in [0.25, 0.3) is 0 Å². The Hall–Kier alpha value is -2.01. The molecule has 17 heavy (non-hydrogen) atoms. The molecule has 0 saturated heterocycles. The molecule has 0 amide bonds. The lowest BCUT2D eigenvalue weighted by molar-refractivity contribution is 0.718. The molecule has 2 aromatic heterocycles. The highest BCUT2D eigenvalue weighted by Crippen LogP contribution is 2.03. The van der Waals surface area contributed by atoms with Crippen molar-refractivity contribution in [2.45, 2.75) is 20.0 Å². The van der Waals surface area contributed by atoms with Crippen LogP contribution in [0, 0.1) is 6.92 Å². The second-order valence-electron chi connectivity index (χ2n) is 3.90. The van der Waals surface area contributed by atoms with Crippen molar-refractivity contribution in [3.05, 3.63) is 58.0 Å². The molecule has 88 valence electrons. The number of hydrogen-bond acceptors (Lipinski definition) is 4. The molecule has 0 aliphatic heterocycles. The predicted octanol–water partition coefficient (Wildman–Crippen LogP) is 0.454. The minimum atomic E-state index is -0.248. The zero-order chi connectivity index (χ0) is 12.3. The molecule has 0 aliphatic carbocycles. The van der Waals surface area contributed by atoms with Gasteiger partial charge in [0.1, 0.15) is 0 Å². The molecular weight excluding hydrogens is 216 g/mol. The summed E-state index contributed by atoms with van der Waals surface area (Å²) in [5.74, 6) is 0. The highest BCUT2D eigenvalue weighted by atomic mass is 16.1. The molecule has 5 nitrogen and oxygen atoms in total. The van der Waals surface area contributed by atoms with Crippen molar-refractivity contribution in [1.29, 1.82) is 0 Å². The normalized spacial score (nSPS) is 10.5. The number of hydrogen-bond donors (Lipinski definition) is 1. The summed E-state index contributed by atoms with van der Waals surface area (Å²) in [6, 6.07) is 3.77. The van der Waals surface area contributed by atoms with Crippen molar-refractivity contribution in [2.24, 2.45) is 5.73 Å². The lowest BCUT2D eigenvalue weighted by atomic mass is 10.2. The van der Waals surface area contributed by atoms with Crippen molar-refractivity contribution >= 4 is 0 Å². The van der Waals surface area contributed by atoms with Crippen LogP contribution in [0.1, 0.15) is 16.8 Å². The molecule has 2 rings (SSSR count). The first-order chi connectivity index (χ1) is 8.19. The topological polar surface area (TPSA) is 73.8 Å². The number of nitrogens with two attached hydrogens (primary N) is 1. The average molecular weight is 230 g/mol. The highest BCUT2D eigenvalue weighted by Gasteiger charge is 2.00. The second kappa shape index (κ2) is 4.88. The molecule has 0 radical (unpaired) electrons. The third kappa shape index (κ3) is 2.76. The molecule has 0 fully saturated rings. The fourth-order valence-corrected chi connectivity index (χ4v) is 1.61. The van der Waals surface area contributed by atoms with Gasteiger partial charge in [-0.3, -0.25) is 9.55 Å². The summed E-state index contributed by atoms with van der Waals surface area (Å²) in [5, 5.41) is 0. The van der Waals surface area contributed by atoms with Crippen LogP contribution in [0.15, 0.2) is 35.5 Å². The quantitative estimate of drug-likeness (QED) is 0.831. The summed E-state index contributed by atoms with van der Waals surface area (Å²) < 4.78 is 1.57. The van der Waals surface area contributed by atoms with E-state index in [0.717, 1.165) is 16.8 Å². The van der Waals surface area contributed by atoms with E-state index in [2.05, 4.69) is 9.97 Å². The lowest BCUT2D eigenvalue weighted by Crippen LogP contribution is -2.23. The number of nitrogens with zero attached hydrogens (tertiary/aromatic N) is 3. The third-order valence-corrected chi connectivity index (χ3v) is 2.43. The molecule has 0 aromatic carbocycles. The molecule has 0 saturated carbocycles. The van der Waals surface area contributed by atoms with Crippen LogP contribution in [0.2, 0.25) is 0 Å². The molecular formula is C12H14N4O. The first-order valence-corrected chi connectivity index (χ1v) is 5.36. The van der Waals surface area contributed by atoms with Gasteiger partial charge in [-0.2, -0.15) is 0 Å². The molecule has 0 unspecified atom stereocenters. The molecule has 2 N–H and O–H groups in total. The highest BCUT2D eigenvalue weighted by molar-refractivity contribution is 5.17. The summed E-state index contributed by atoms with van der Waals surface area (Å²) in [6.07, 6.45) is 5.06. The minimum Gasteiger partial charge on any atom is -0.325 e.